The van der Waals surface area contributed by atoms with Crippen molar-refractivity contribution in [2.24, 2.45) is 0 Å². The van der Waals surface area contributed by atoms with Crippen molar-refractivity contribution in [2.45, 2.75) is 13.5 Å². The Kier molecular flexibility index (Phi) is 7.10. The average molecular weight is 436 g/mol. The second kappa shape index (κ2) is 9.77. The van der Waals surface area contributed by atoms with Crippen LogP contribution in [0, 0.1) is 6.92 Å². The molecule has 0 atom stereocenters. The first kappa shape index (κ1) is 22.5. The van der Waals surface area contributed by atoms with E-state index in [1.54, 1.807) is 30.3 Å². The van der Waals surface area contributed by atoms with E-state index in [9.17, 15) is 9.59 Å². The van der Waals surface area contributed by atoms with Crippen LogP contribution in [0.4, 0.5) is 11.4 Å². The van der Waals surface area contributed by atoms with Gasteiger partial charge < -0.3 is 15.1 Å². The molecule has 1 aliphatic rings. The van der Waals surface area contributed by atoms with Gasteiger partial charge in [-0.25, -0.2) is 0 Å². The first-order valence-electron chi connectivity index (χ1n) is 10.1. The number of rotatable bonds is 3. The van der Waals surface area contributed by atoms with Crippen molar-refractivity contribution in [1.82, 2.24) is 4.90 Å². The molecule has 3 aromatic rings. The molecule has 0 radical (unpaired) electrons. The number of para-hydroxylation sites is 1. The largest absolute Gasteiger partial charge is 0.322 e. The lowest BCUT2D eigenvalue weighted by Crippen LogP contribution is -2.35. The number of halogens is 1. The third-order valence-electron chi connectivity index (χ3n) is 5.45. The van der Waals surface area contributed by atoms with Crippen molar-refractivity contribution in [3.05, 3.63) is 95.1 Å². The summed E-state index contributed by atoms with van der Waals surface area (Å²) in [5.74, 6) is -0.189. The number of carbonyl (C=O) groups excluding carboxylic acids is 2. The first-order valence-corrected chi connectivity index (χ1v) is 10.1. The smallest absolute Gasteiger partial charge is 0.258 e. The number of hydrogen-bond acceptors (Lipinski definition) is 3. The minimum absolute atomic E-state index is 0. The summed E-state index contributed by atoms with van der Waals surface area (Å²) in [5, 5.41) is 2.91. The Hall–Kier alpha value is -3.15. The molecule has 0 spiro atoms. The number of anilines is 2. The SMILES string of the molecule is Cc1ccccc1C(=O)Nc1ccc(C(=O)N2CCN(C)Cc3ccccc32)cc1.Cl. The summed E-state index contributed by atoms with van der Waals surface area (Å²) in [4.78, 5) is 29.8. The van der Waals surface area contributed by atoms with Gasteiger partial charge in [-0.1, -0.05) is 36.4 Å². The number of likely N-dealkylation sites (N-methyl/N-ethyl adjacent to an activating group) is 1. The number of benzene rings is 3. The van der Waals surface area contributed by atoms with Gasteiger partial charge in [-0.15, -0.1) is 12.4 Å². The predicted molar refractivity (Wildman–Crippen MR) is 127 cm³/mol. The lowest BCUT2D eigenvalue weighted by Gasteiger charge is -2.23. The molecule has 3 aromatic carbocycles. The highest BCUT2D eigenvalue weighted by molar-refractivity contribution is 6.08. The molecule has 0 aromatic heterocycles. The molecule has 1 heterocycles. The van der Waals surface area contributed by atoms with E-state index in [0.29, 0.717) is 23.4 Å². The van der Waals surface area contributed by atoms with E-state index in [1.807, 2.05) is 48.2 Å². The fourth-order valence-corrected chi connectivity index (χ4v) is 3.76. The molecule has 0 bridgehead atoms. The highest BCUT2D eigenvalue weighted by Gasteiger charge is 2.23. The summed E-state index contributed by atoms with van der Waals surface area (Å²) in [6, 6.07) is 22.6. The first-order chi connectivity index (χ1) is 14.5. The van der Waals surface area contributed by atoms with Crippen molar-refractivity contribution in [2.75, 3.05) is 30.4 Å². The van der Waals surface area contributed by atoms with E-state index >= 15 is 0 Å². The zero-order valence-electron chi connectivity index (χ0n) is 17.7. The van der Waals surface area contributed by atoms with Gasteiger partial charge in [-0.2, -0.15) is 0 Å². The molecule has 160 valence electrons. The molecule has 1 aliphatic heterocycles. The van der Waals surface area contributed by atoms with Gasteiger partial charge >= 0.3 is 0 Å². The quantitative estimate of drug-likeness (QED) is 0.645. The Morgan fingerprint density at radius 3 is 2.29 bits per heavy atom. The maximum Gasteiger partial charge on any atom is 0.258 e. The summed E-state index contributed by atoms with van der Waals surface area (Å²) >= 11 is 0. The van der Waals surface area contributed by atoms with E-state index in [4.69, 9.17) is 0 Å². The van der Waals surface area contributed by atoms with E-state index < -0.39 is 0 Å². The molecule has 0 saturated heterocycles. The van der Waals surface area contributed by atoms with Crippen LogP contribution in [-0.4, -0.2) is 36.9 Å². The number of aryl methyl sites for hydroxylation is 1. The summed E-state index contributed by atoms with van der Waals surface area (Å²) in [7, 11) is 2.07. The number of nitrogens with one attached hydrogen (secondary N) is 1. The highest BCUT2D eigenvalue weighted by Crippen LogP contribution is 2.26. The lowest BCUT2D eigenvalue weighted by molar-refractivity contribution is 0.0984. The van der Waals surface area contributed by atoms with Gasteiger partial charge in [-0.3, -0.25) is 9.59 Å². The number of amides is 2. The van der Waals surface area contributed by atoms with Crippen LogP contribution in [0.15, 0.2) is 72.8 Å². The molecule has 0 unspecified atom stereocenters. The fourth-order valence-electron chi connectivity index (χ4n) is 3.76. The zero-order valence-corrected chi connectivity index (χ0v) is 18.5. The van der Waals surface area contributed by atoms with Crippen LogP contribution in [0.5, 0.6) is 0 Å². The summed E-state index contributed by atoms with van der Waals surface area (Å²) in [6.07, 6.45) is 0. The second-order valence-electron chi connectivity index (χ2n) is 7.67. The topological polar surface area (TPSA) is 52.7 Å². The molecule has 2 amide bonds. The molecule has 4 rings (SSSR count). The van der Waals surface area contributed by atoms with Gasteiger partial charge in [0.15, 0.2) is 0 Å². The van der Waals surface area contributed by atoms with Gasteiger partial charge in [0.25, 0.3) is 11.8 Å². The predicted octanol–water partition coefficient (Wildman–Crippen LogP) is 4.76. The molecule has 6 heteroatoms. The van der Waals surface area contributed by atoms with Crippen LogP contribution in [0.3, 0.4) is 0 Å². The maximum atomic E-state index is 13.2. The number of hydrogen-bond donors (Lipinski definition) is 1. The van der Waals surface area contributed by atoms with Gasteiger partial charge in [0, 0.05) is 42.1 Å². The fraction of sp³-hybridized carbons (Fsp3) is 0.200. The Bertz CT molecular complexity index is 1080. The van der Waals surface area contributed by atoms with Crippen LogP contribution in [-0.2, 0) is 6.54 Å². The number of nitrogens with zero attached hydrogens (tertiary/aromatic N) is 2. The van der Waals surface area contributed by atoms with Gasteiger partial charge in [0.05, 0.1) is 0 Å². The van der Waals surface area contributed by atoms with Crippen LogP contribution in [0.2, 0.25) is 0 Å². The van der Waals surface area contributed by atoms with Crippen molar-refractivity contribution in [3.63, 3.8) is 0 Å². The summed E-state index contributed by atoms with van der Waals surface area (Å²) in [6.45, 7) is 4.18. The van der Waals surface area contributed by atoms with Crippen LogP contribution in [0.1, 0.15) is 31.8 Å². The molecule has 0 fully saturated rings. The number of fused-ring (bicyclic) bond motifs is 1. The monoisotopic (exact) mass is 435 g/mol. The second-order valence-corrected chi connectivity index (χ2v) is 7.67. The maximum absolute atomic E-state index is 13.2. The van der Waals surface area contributed by atoms with Crippen molar-refractivity contribution in [3.8, 4) is 0 Å². The van der Waals surface area contributed by atoms with Crippen LogP contribution in [0.25, 0.3) is 0 Å². The van der Waals surface area contributed by atoms with Gasteiger partial charge in [0.2, 0.25) is 0 Å². The van der Waals surface area contributed by atoms with E-state index in [1.165, 1.54) is 0 Å². The molecular formula is C25H26ClN3O2. The molecule has 31 heavy (non-hydrogen) atoms. The Morgan fingerprint density at radius 2 is 1.55 bits per heavy atom. The standard InChI is InChI=1S/C25H25N3O2.ClH/c1-18-7-3-5-9-22(18)24(29)26-21-13-11-19(12-14-21)25(30)28-16-15-27(2)17-20-8-4-6-10-23(20)28;/h3-14H,15-17H2,1-2H3,(H,26,29);1H. The Balaban J connectivity index is 0.00000272. The highest BCUT2D eigenvalue weighted by atomic mass is 35.5. The van der Waals surface area contributed by atoms with E-state index in [-0.39, 0.29) is 24.2 Å². The van der Waals surface area contributed by atoms with Gasteiger partial charge in [-0.05, 0) is 61.5 Å². The number of carbonyl (C=O) groups is 2. The molecule has 1 N–H and O–H groups in total. The van der Waals surface area contributed by atoms with Crippen molar-refractivity contribution < 1.29 is 9.59 Å². The van der Waals surface area contributed by atoms with Crippen LogP contribution < -0.4 is 10.2 Å². The minimum Gasteiger partial charge on any atom is -0.322 e. The van der Waals surface area contributed by atoms with Crippen LogP contribution >= 0.6 is 12.4 Å². The normalized spacial score (nSPS) is 13.5. The van der Waals surface area contributed by atoms with Crippen molar-refractivity contribution >= 4 is 35.6 Å². The Labute approximate surface area is 189 Å². The van der Waals surface area contributed by atoms with E-state index in [2.05, 4.69) is 23.3 Å². The molecule has 0 aliphatic carbocycles. The molecular weight excluding hydrogens is 410 g/mol. The molecule has 5 nitrogen and oxygen atoms in total. The Morgan fingerprint density at radius 1 is 0.871 bits per heavy atom. The average Bonchev–Trinajstić information content (AvgIpc) is 2.92. The van der Waals surface area contributed by atoms with Crippen molar-refractivity contribution in [1.29, 1.82) is 0 Å². The summed E-state index contributed by atoms with van der Waals surface area (Å²) in [5.41, 5.74) is 4.94. The van der Waals surface area contributed by atoms with Gasteiger partial charge in [0.1, 0.15) is 0 Å². The molecule has 0 saturated carbocycles. The third-order valence-corrected chi connectivity index (χ3v) is 5.45. The summed E-state index contributed by atoms with van der Waals surface area (Å²) < 4.78 is 0. The third kappa shape index (κ3) is 4.95. The lowest BCUT2D eigenvalue weighted by atomic mass is 10.1. The minimum atomic E-state index is -0.156. The van der Waals surface area contributed by atoms with E-state index in [0.717, 1.165) is 29.9 Å². The zero-order chi connectivity index (χ0) is 21.1.